The van der Waals surface area contributed by atoms with E-state index >= 15 is 0 Å². The Morgan fingerprint density at radius 3 is 2.84 bits per heavy atom. The molecule has 2 saturated heterocycles. The van der Waals surface area contributed by atoms with Crippen molar-refractivity contribution in [1.82, 2.24) is 5.32 Å². The molecule has 2 heterocycles. The smallest absolute Gasteiger partial charge is 0.163 e. The second-order valence-electron chi connectivity index (χ2n) is 12.1. The minimum Gasteiger partial charge on any atom is -0.393 e. The van der Waals surface area contributed by atoms with E-state index in [4.69, 9.17) is 4.74 Å². The summed E-state index contributed by atoms with van der Waals surface area (Å²) < 4.78 is 6.93. The predicted molar refractivity (Wildman–Crippen MR) is 120 cm³/mol. The molecule has 3 unspecified atom stereocenters. The number of hydrogen-bond donors (Lipinski definition) is 2. The van der Waals surface area contributed by atoms with E-state index in [0.717, 1.165) is 57.1 Å². The average Bonchev–Trinajstić information content (AvgIpc) is 3.18. The first-order valence-corrected chi connectivity index (χ1v) is 12.8. The Balaban J connectivity index is 1.39. The van der Waals surface area contributed by atoms with Gasteiger partial charge in [0, 0.05) is 23.5 Å². The minimum absolute atomic E-state index is 0.0653. The molecule has 1 spiro atoms. The molecule has 2 saturated carbocycles. The van der Waals surface area contributed by atoms with E-state index in [1.165, 1.54) is 11.1 Å². The van der Waals surface area contributed by atoms with Crippen molar-refractivity contribution in [3.05, 3.63) is 22.8 Å². The van der Waals surface area contributed by atoms with Gasteiger partial charge in [-0.2, -0.15) is 0 Å². The number of carbonyl (C=O) groups is 1. The summed E-state index contributed by atoms with van der Waals surface area (Å²) in [6.45, 7) is 10.3. The molecular weight excluding hydrogens is 386 g/mol. The monoisotopic (exact) mass is 425 g/mol. The summed E-state index contributed by atoms with van der Waals surface area (Å²) in [4.78, 5) is 14.1. The lowest BCUT2D eigenvalue weighted by Crippen LogP contribution is -2.49. The molecule has 0 bridgehead atoms. The standard InChI is InChI=1S/C27H39NO3/c1-14-11-21-24(28-13-14)16(3)27(31-21)10-8-19-20-6-5-17-12-18(29)7-9-26(17,4)23(20)25(30)22(19)15(27)2/h5,14,16,18-21,23-24,28-29H,6-13H2,1-4H3/t14-,16?,18-,19-,20?,21+,23?,24-,26-,27-/m0/s1. The maximum Gasteiger partial charge on any atom is 0.163 e. The number of fused-ring (bicyclic) bond motifs is 6. The number of allylic oxidation sites excluding steroid dienone is 2. The largest absolute Gasteiger partial charge is 0.393 e. The summed E-state index contributed by atoms with van der Waals surface area (Å²) in [5.74, 6) is 2.41. The second kappa shape index (κ2) is 6.77. The van der Waals surface area contributed by atoms with Crippen LogP contribution in [0.25, 0.3) is 0 Å². The van der Waals surface area contributed by atoms with Crippen LogP contribution < -0.4 is 5.32 Å². The summed E-state index contributed by atoms with van der Waals surface area (Å²) in [5.41, 5.74) is 3.43. The van der Waals surface area contributed by atoms with Crippen molar-refractivity contribution in [1.29, 1.82) is 0 Å². The number of ether oxygens (including phenoxy) is 1. The first kappa shape index (κ1) is 20.6. The van der Waals surface area contributed by atoms with Crippen LogP contribution in [0.2, 0.25) is 0 Å². The molecule has 0 amide bonds. The van der Waals surface area contributed by atoms with Crippen LogP contribution >= 0.6 is 0 Å². The van der Waals surface area contributed by atoms with E-state index in [1.54, 1.807) is 0 Å². The molecule has 2 N–H and O–H groups in total. The number of carbonyl (C=O) groups excluding carboxylic acids is 1. The molecule has 10 atom stereocenters. The van der Waals surface area contributed by atoms with Crippen molar-refractivity contribution in [3.63, 3.8) is 0 Å². The summed E-state index contributed by atoms with van der Waals surface area (Å²) in [6.07, 6.45) is 9.23. The molecule has 31 heavy (non-hydrogen) atoms. The zero-order valence-corrected chi connectivity index (χ0v) is 19.6. The molecule has 0 aromatic rings. The van der Waals surface area contributed by atoms with E-state index in [-0.39, 0.29) is 29.1 Å². The predicted octanol–water partition coefficient (Wildman–Crippen LogP) is 4.18. The maximum atomic E-state index is 14.1. The fourth-order valence-corrected chi connectivity index (χ4v) is 8.93. The van der Waals surface area contributed by atoms with Crippen molar-refractivity contribution >= 4 is 5.78 Å². The van der Waals surface area contributed by atoms with Crippen LogP contribution in [0.5, 0.6) is 0 Å². The van der Waals surface area contributed by atoms with Gasteiger partial charge in [0.25, 0.3) is 0 Å². The van der Waals surface area contributed by atoms with Crippen LogP contribution in [-0.2, 0) is 9.53 Å². The molecule has 4 fully saturated rings. The molecule has 170 valence electrons. The Bertz CT molecular complexity index is 876. The fraction of sp³-hybridized carbons (Fsp3) is 0.815. The molecule has 4 heteroatoms. The Morgan fingerprint density at radius 2 is 2.03 bits per heavy atom. The van der Waals surface area contributed by atoms with Gasteiger partial charge in [0.1, 0.15) is 0 Å². The molecule has 4 nitrogen and oxygen atoms in total. The van der Waals surface area contributed by atoms with E-state index in [1.807, 2.05) is 0 Å². The van der Waals surface area contributed by atoms with Crippen molar-refractivity contribution in [2.75, 3.05) is 6.54 Å². The first-order valence-electron chi connectivity index (χ1n) is 12.8. The fourth-order valence-electron chi connectivity index (χ4n) is 8.93. The highest BCUT2D eigenvalue weighted by Gasteiger charge is 2.63. The van der Waals surface area contributed by atoms with Crippen molar-refractivity contribution in [2.45, 2.75) is 96.5 Å². The van der Waals surface area contributed by atoms with Crippen LogP contribution in [0.3, 0.4) is 0 Å². The molecule has 0 aromatic heterocycles. The zero-order chi connectivity index (χ0) is 21.7. The Kier molecular flexibility index (Phi) is 4.51. The van der Waals surface area contributed by atoms with Crippen LogP contribution in [-0.4, -0.2) is 41.3 Å². The van der Waals surface area contributed by atoms with Gasteiger partial charge in [0.05, 0.1) is 17.8 Å². The SMILES string of the molecule is CC1=C2C(=O)C3C(CC=C4C[C@@H](O)CC[C@@]43C)[C@@H]2CC[C@]12O[C@@H]1C[C@H](C)CN[C@H]1C2C. The van der Waals surface area contributed by atoms with Crippen molar-refractivity contribution < 1.29 is 14.6 Å². The quantitative estimate of drug-likeness (QED) is 0.572. The third kappa shape index (κ3) is 2.62. The molecule has 4 aliphatic carbocycles. The Labute approximate surface area is 186 Å². The van der Waals surface area contributed by atoms with E-state index in [0.29, 0.717) is 35.5 Å². The second-order valence-corrected chi connectivity index (χ2v) is 12.1. The van der Waals surface area contributed by atoms with E-state index < -0.39 is 0 Å². The lowest BCUT2D eigenvalue weighted by Gasteiger charge is -2.48. The summed E-state index contributed by atoms with van der Waals surface area (Å²) in [6, 6.07) is 0.410. The van der Waals surface area contributed by atoms with Crippen LogP contribution in [0.4, 0.5) is 0 Å². The zero-order valence-electron chi connectivity index (χ0n) is 19.6. The molecule has 6 rings (SSSR count). The lowest BCUT2D eigenvalue weighted by molar-refractivity contribution is -0.123. The van der Waals surface area contributed by atoms with Gasteiger partial charge in [-0.3, -0.25) is 4.79 Å². The third-order valence-electron chi connectivity index (χ3n) is 10.6. The highest BCUT2D eigenvalue weighted by atomic mass is 16.5. The third-order valence-corrected chi connectivity index (χ3v) is 10.6. The molecule has 6 aliphatic rings. The Morgan fingerprint density at radius 1 is 1.23 bits per heavy atom. The normalized spacial score (nSPS) is 53.7. The van der Waals surface area contributed by atoms with E-state index in [2.05, 4.69) is 39.1 Å². The first-order chi connectivity index (χ1) is 14.8. The van der Waals surface area contributed by atoms with Crippen LogP contribution in [0, 0.1) is 35.0 Å². The molecular formula is C27H39NO3. The van der Waals surface area contributed by atoms with Gasteiger partial charge in [0.2, 0.25) is 0 Å². The summed E-state index contributed by atoms with van der Waals surface area (Å²) in [7, 11) is 0. The van der Waals surface area contributed by atoms with Gasteiger partial charge in [-0.1, -0.05) is 32.4 Å². The number of ketones is 1. The highest BCUT2D eigenvalue weighted by Crippen LogP contribution is 2.63. The molecule has 0 radical (unpaired) electrons. The average molecular weight is 426 g/mol. The summed E-state index contributed by atoms with van der Waals surface area (Å²) in [5, 5.41) is 14.0. The highest BCUT2D eigenvalue weighted by molar-refractivity contribution is 6.02. The van der Waals surface area contributed by atoms with E-state index in [9.17, 15) is 9.90 Å². The number of rotatable bonds is 0. The number of aliphatic hydroxyl groups excluding tert-OH is 1. The van der Waals surface area contributed by atoms with Crippen LogP contribution in [0.15, 0.2) is 22.8 Å². The number of piperidine rings is 1. The van der Waals surface area contributed by atoms with Gasteiger partial charge in [-0.25, -0.2) is 0 Å². The Hall–Kier alpha value is -0.970. The van der Waals surface area contributed by atoms with Gasteiger partial charge < -0.3 is 15.2 Å². The van der Waals surface area contributed by atoms with Gasteiger partial charge in [-0.15, -0.1) is 0 Å². The summed E-state index contributed by atoms with van der Waals surface area (Å²) >= 11 is 0. The van der Waals surface area contributed by atoms with Crippen LogP contribution in [0.1, 0.15) is 72.6 Å². The molecule has 2 aliphatic heterocycles. The number of Topliss-reactive ketones (excluding diaryl/α,β-unsaturated/α-hetero) is 1. The number of hydrogen-bond acceptors (Lipinski definition) is 4. The number of aliphatic hydroxyl groups is 1. The lowest BCUT2D eigenvalue weighted by atomic mass is 9.56. The van der Waals surface area contributed by atoms with Gasteiger partial charge >= 0.3 is 0 Å². The minimum atomic E-state index is -0.263. The van der Waals surface area contributed by atoms with Gasteiger partial charge in [-0.05, 0) is 87.2 Å². The van der Waals surface area contributed by atoms with Gasteiger partial charge in [0.15, 0.2) is 5.78 Å². The number of nitrogens with one attached hydrogen (secondary N) is 1. The van der Waals surface area contributed by atoms with Crippen molar-refractivity contribution in [2.24, 2.45) is 35.0 Å². The van der Waals surface area contributed by atoms with Crippen molar-refractivity contribution in [3.8, 4) is 0 Å². The molecule has 0 aromatic carbocycles. The maximum absolute atomic E-state index is 14.1. The topological polar surface area (TPSA) is 58.6 Å².